The number of hydrogen-bond acceptors (Lipinski definition) is 3. The van der Waals surface area contributed by atoms with Crippen LogP contribution in [0.5, 0.6) is 5.75 Å². The number of aryl methyl sites for hydroxylation is 1. The summed E-state index contributed by atoms with van der Waals surface area (Å²) in [5.41, 5.74) is 3.69. The molecule has 118 valence electrons. The lowest BCUT2D eigenvalue weighted by molar-refractivity contribution is -0.120. The molecule has 0 fully saturated rings. The van der Waals surface area contributed by atoms with Gasteiger partial charge < -0.3 is 15.4 Å². The van der Waals surface area contributed by atoms with Gasteiger partial charge in [-0.1, -0.05) is 35.9 Å². The number of hydrogen-bond donors (Lipinski definition) is 2. The monoisotopic (exact) mass is 310 g/mol. The summed E-state index contributed by atoms with van der Waals surface area (Å²) in [4.78, 5) is 23.4. The number of carbonyl (C=O) groups is 2. The smallest absolute Gasteiger partial charge is 0.262 e. The zero-order chi connectivity index (χ0) is 16.2. The second-order valence-corrected chi connectivity index (χ2v) is 5.61. The first-order valence-corrected chi connectivity index (χ1v) is 7.48. The molecule has 5 heteroatoms. The number of nitrogens with one attached hydrogen (secondary N) is 2. The zero-order valence-corrected chi connectivity index (χ0v) is 12.9. The molecule has 0 atom stereocenters. The first-order valence-electron chi connectivity index (χ1n) is 7.48. The van der Waals surface area contributed by atoms with E-state index in [2.05, 4.69) is 10.6 Å². The molecule has 0 bridgehead atoms. The molecule has 2 N–H and O–H groups in total. The third kappa shape index (κ3) is 3.88. The fourth-order valence-corrected chi connectivity index (χ4v) is 2.51. The maximum atomic E-state index is 12.0. The van der Waals surface area contributed by atoms with Gasteiger partial charge in [-0.2, -0.15) is 0 Å². The summed E-state index contributed by atoms with van der Waals surface area (Å²) in [5.74, 6) is 0.450. The molecule has 2 aromatic rings. The van der Waals surface area contributed by atoms with Gasteiger partial charge in [-0.25, -0.2) is 0 Å². The summed E-state index contributed by atoms with van der Waals surface area (Å²) in [5, 5.41) is 5.65. The van der Waals surface area contributed by atoms with E-state index in [0.29, 0.717) is 24.4 Å². The molecule has 1 aliphatic heterocycles. The van der Waals surface area contributed by atoms with Crippen molar-refractivity contribution >= 4 is 17.5 Å². The second kappa shape index (κ2) is 6.52. The van der Waals surface area contributed by atoms with Gasteiger partial charge in [-0.05, 0) is 30.2 Å². The van der Waals surface area contributed by atoms with Crippen LogP contribution in [0.4, 0.5) is 5.69 Å². The van der Waals surface area contributed by atoms with E-state index in [1.807, 2.05) is 43.3 Å². The minimum Gasteiger partial charge on any atom is -0.482 e. The summed E-state index contributed by atoms with van der Waals surface area (Å²) in [6.07, 6.45) is 0.354. The summed E-state index contributed by atoms with van der Waals surface area (Å²) in [6.45, 7) is 2.46. The first-order chi connectivity index (χ1) is 11.1. The lowest BCUT2D eigenvalue weighted by Gasteiger charge is -2.18. The van der Waals surface area contributed by atoms with E-state index in [1.165, 1.54) is 0 Å². The Hall–Kier alpha value is -2.82. The highest BCUT2D eigenvalue weighted by Gasteiger charge is 2.16. The molecule has 2 amide bonds. The number of amides is 2. The summed E-state index contributed by atoms with van der Waals surface area (Å²) < 4.78 is 5.31. The fourth-order valence-electron chi connectivity index (χ4n) is 2.51. The molecule has 3 rings (SSSR count). The Morgan fingerprint density at radius 1 is 1.22 bits per heavy atom. The number of benzene rings is 2. The van der Waals surface area contributed by atoms with Crippen LogP contribution in [0.1, 0.15) is 16.7 Å². The number of anilines is 1. The van der Waals surface area contributed by atoms with Gasteiger partial charge in [0.25, 0.3) is 5.91 Å². The molecule has 5 nitrogen and oxygen atoms in total. The van der Waals surface area contributed by atoms with Gasteiger partial charge in [0.1, 0.15) is 5.75 Å². The second-order valence-electron chi connectivity index (χ2n) is 5.61. The largest absolute Gasteiger partial charge is 0.482 e. The molecule has 1 heterocycles. The SMILES string of the molecule is Cc1cccc(CC(=O)NCc2ccc3c(c2)NC(=O)CO3)c1. The Morgan fingerprint density at radius 2 is 2.09 bits per heavy atom. The zero-order valence-electron chi connectivity index (χ0n) is 12.9. The quantitative estimate of drug-likeness (QED) is 0.909. The van der Waals surface area contributed by atoms with Gasteiger partial charge >= 0.3 is 0 Å². The summed E-state index contributed by atoms with van der Waals surface area (Å²) in [7, 11) is 0. The molecular weight excluding hydrogens is 292 g/mol. The number of fused-ring (bicyclic) bond motifs is 1. The minimum atomic E-state index is -0.168. The highest BCUT2D eigenvalue weighted by atomic mass is 16.5. The Morgan fingerprint density at radius 3 is 2.91 bits per heavy atom. The lowest BCUT2D eigenvalue weighted by Crippen LogP contribution is -2.26. The van der Waals surface area contributed by atoms with Crippen LogP contribution in [0.15, 0.2) is 42.5 Å². The molecule has 0 saturated heterocycles. The lowest BCUT2D eigenvalue weighted by atomic mass is 10.1. The number of rotatable bonds is 4. The van der Waals surface area contributed by atoms with Crippen LogP contribution in [0.3, 0.4) is 0 Å². The number of ether oxygens (including phenoxy) is 1. The van der Waals surface area contributed by atoms with Crippen molar-refractivity contribution in [3.8, 4) is 5.75 Å². The van der Waals surface area contributed by atoms with Gasteiger partial charge in [0, 0.05) is 6.54 Å². The van der Waals surface area contributed by atoms with Gasteiger partial charge in [-0.3, -0.25) is 9.59 Å². The highest BCUT2D eigenvalue weighted by molar-refractivity contribution is 5.95. The average Bonchev–Trinajstić information content (AvgIpc) is 2.52. The Labute approximate surface area is 134 Å². The van der Waals surface area contributed by atoms with E-state index in [4.69, 9.17) is 4.74 Å². The van der Waals surface area contributed by atoms with Crippen LogP contribution in [0, 0.1) is 6.92 Å². The molecule has 0 aliphatic carbocycles. The maximum absolute atomic E-state index is 12.0. The van der Waals surface area contributed by atoms with E-state index >= 15 is 0 Å². The van der Waals surface area contributed by atoms with Crippen LogP contribution >= 0.6 is 0 Å². The van der Waals surface area contributed by atoms with E-state index in [0.717, 1.165) is 16.7 Å². The molecule has 1 aliphatic rings. The Balaban J connectivity index is 1.59. The van der Waals surface area contributed by atoms with Gasteiger partial charge in [0.15, 0.2) is 6.61 Å². The highest BCUT2D eigenvalue weighted by Crippen LogP contribution is 2.28. The van der Waals surface area contributed by atoms with E-state index in [9.17, 15) is 9.59 Å². The average molecular weight is 310 g/mol. The molecular formula is C18H18N2O3. The van der Waals surface area contributed by atoms with E-state index in [1.54, 1.807) is 6.07 Å². The van der Waals surface area contributed by atoms with Crippen molar-refractivity contribution in [1.29, 1.82) is 0 Å². The van der Waals surface area contributed by atoms with Gasteiger partial charge in [-0.15, -0.1) is 0 Å². The van der Waals surface area contributed by atoms with Gasteiger partial charge in [0.05, 0.1) is 12.1 Å². The minimum absolute atomic E-state index is 0.0337. The molecule has 0 radical (unpaired) electrons. The predicted octanol–water partition coefficient (Wildman–Crippen LogP) is 2.18. The van der Waals surface area contributed by atoms with Crippen molar-refractivity contribution in [1.82, 2.24) is 5.32 Å². The summed E-state index contributed by atoms with van der Waals surface area (Å²) >= 11 is 0. The third-order valence-corrected chi connectivity index (χ3v) is 3.61. The number of carbonyl (C=O) groups excluding carboxylic acids is 2. The van der Waals surface area contributed by atoms with Crippen molar-refractivity contribution in [3.05, 3.63) is 59.2 Å². The Bertz CT molecular complexity index is 756. The van der Waals surface area contributed by atoms with Gasteiger partial charge in [0.2, 0.25) is 5.91 Å². The van der Waals surface area contributed by atoms with E-state index < -0.39 is 0 Å². The van der Waals surface area contributed by atoms with Crippen molar-refractivity contribution in [2.75, 3.05) is 11.9 Å². The molecule has 0 saturated carbocycles. The Kier molecular flexibility index (Phi) is 4.28. The van der Waals surface area contributed by atoms with Crippen LogP contribution in [0.25, 0.3) is 0 Å². The molecule has 0 spiro atoms. The van der Waals surface area contributed by atoms with Crippen LogP contribution in [0.2, 0.25) is 0 Å². The fraction of sp³-hybridized carbons (Fsp3) is 0.222. The third-order valence-electron chi connectivity index (χ3n) is 3.61. The predicted molar refractivity (Wildman–Crippen MR) is 87.3 cm³/mol. The first kappa shape index (κ1) is 15.1. The van der Waals surface area contributed by atoms with Crippen LogP contribution < -0.4 is 15.4 Å². The molecule has 23 heavy (non-hydrogen) atoms. The van der Waals surface area contributed by atoms with Crippen molar-refractivity contribution in [2.24, 2.45) is 0 Å². The van der Waals surface area contributed by atoms with Crippen LogP contribution in [-0.2, 0) is 22.6 Å². The van der Waals surface area contributed by atoms with E-state index in [-0.39, 0.29) is 18.4 Å². The molecule has 0 unspecified atom stereocenters. The standard InChI is InChI=1S/C18H18N2O3/c1-12-3-2-4-13(7-12)9-17(21)19-10-14-5-6-16-15(8-14)20-18(22)11-23-16/h2-8H,9-11H2,1H3,(H,19,21)(H,20,22). The molecule has 0 aromatic heterocycles. The topological polar surface area (TPSA) is 67.4 Å². The maximum Gasteiger partial charge on any atom is 0.262 e. The molecule has 2 aromatic carbocycles. The van der Waals surface area contributed by atoms with Crippen molar-refractivity contribution in [2.45, 2.75) is 19.9 Å². The normalized spacial score (nSPS) is 12.8. The summed E-state index contributed by atoms with van der Waals surface area (Å²) in [6, 6.07) is 13.4. The van der Waals surface area contributed by atoms with Crippen molar-refractivity contribution in [3.63, 3.8) is 0 Å². The van der Waals surface area contributed by atoms with Crippen LogP contribution in [-0.4, -0.2) is 18.4 Å². The van der Waals surface area contributed by atoms with Crippen molar-refractivity contribution < 1.29 is 14.3 Å².